The van der Waals surface area contributed by atoms with Crippen LogP contribution in [0.2, 0.25) is 0 Å². The third-order valence-electron chi connectivity index (χ3n) is 0.739. The maximum atomic E-state index is 5.71. The van der Waals surface area contributed by atoms with Gasteiger partial charge in [0.15, 0.2) is 0 Å². The highest BCUT2D eigenvalue weighted by atomic mass is 35.6. The largest absolute Gasteiger partial charge is 0.216 e. The predicted molar refractivity (Wildman–Crippen MR) is 75.0 cm³/mol. The topological polar surface area (TPSA) is 0 Å². The van der Waals surface area contributed by atoms with Crippen molar-refractivity contribution in [1.29, 1.82) is 0 Å². The molecular weight excluding hydrogens is 396 g/mol. The number of hydrogen-bond donors (Lipinski definition) is 0. The molecule has 0 aliphatic rings. The van der Waals surface area contributed by atoms with Gasteiger partial charge in [0.1, 0.15) is 9.42 Å². The Morgan fingerprint density at radius 2 is 0.857 bits per heavy atom. The molecule has 0 aliphatic carbocycles. The highest BCUT2D eigenvalue weighted by Gasteiger charge is 2.36. The Morgan fingerprint density at radius 3 is 1.00 bits per heavy atom. The van der Waals surface area contributed by atoms with Crippen molar-refractivity contribution in [2.24, 2.45) is 0 Å². The van der Waals surface area contributed by atoms with Gasteiger partial charge in [-0.2, -0.15) is 0 Å². The maximum Gasteiger partial charge on any atom is 0.216 e. The van der Waals surface area contributed by atoms with Gasteiger partial charge in [0.2, 0.25) is 7.59 Å². The first-order valence-electron chi connectivity index (χ1n) is 2.79. The predicted octanol–water partition coefficient (Wildman–Crippen LogP) is 6.24. The molecule has 0 nitrogen and oxygen atoms in total. The molecule has 86 valence electrons. The summed E-state index contributed by atoms with van der Waals surface area (Å²) in [6, 6.07) is 0. The fourth-order valence-corrected chi connectivity index (χ4v) is 4.58. The van der Waals surface area contributed by atoms with Crippen LogP contribution in [0.3, 0.4) is 0 Å². The first-order valence-corrected chi connectivity index (χ1v) is 8.20. The first kappa shape index (κ1) is 17.0. The van der Waals surface area contributed by atoms with Gasteiger partial charge in [-0.05, 0) is 0 Å². The van der Waals surface area contributed by atoms with E-state index in [0.717, 1.165) is 21.6 Å². The van der Waals surface area contributed by atoms with Crippen LogP contribution < -0.4 is 0 Å². The molecule has 2 atom stereocenters. The molecular formula is C4H2Cl8S2. The highest BCUT2D eigenvalue weighted by Crippen LogP contribution is 2.50. The normalized spacial score (nSPS) is 18.0. The Kier molecular flexibility index (Phi) is 8.29. The van der Waals surface area contributed by atoms with Gasteiger partial charge >= 0.3 is 0 Å². The molecule has 0 aromatic heterocycles. The Labute approximate surface area is 130 Å². The average Bonchev–Trinajstić information content (AvgIpc) is 1.95. The second-order valence-electron chi connectivity index (χ2n) is 1.91. The van der Waals surface area contributed by atoms with Gasteiger partial charge in [-0.25, -0.2) is 0 Å². The van der Waals surface area contributed by atoms with Gasteiger partial charge in [-0.15, -0.1) is 23.2 Å². The molecule has 0 spiro atoms. The van der Waals surface area contributed by atoms with Gasteiger partial charge in [0.05, 0.1) is 0 Å². The van der Waals surface area contributed by atoms with Gasteiger partial charge in [-0.3, -0.25) is 0 Å². The Balaban J connectivity index is 3.96. The van der Waals surface area contributed by atoms with E-state index < -0.39 is 17.0 Å². The van der Waals surface area contributed by atoms with E-state index in [1.807, 2.05) is 0 Å². The Hall–Kier alpha value is 3.02. The average molecular weight is 398 g/mol. The maximum absolute atomic E-state index is 5.71. The van der Waals surface area contributed by atoms with E-state index in [1.54, 1.807) is 0 Å². The van der Waals surface area contributed by atoms with Crippen LogP contribution in [-0.4, -0.2) is 17.0 Å². The quantitative estimate of drug-likeness (QED) is 0.408. The summed E-state index contributed by atoms with van der Waals surface area (Å²) >= 11 is 44.4. The molecule has 0 aromatic rings. The molecule has 0 radical (unpaired) electrons. The van der Waals surface area contributed by atoms with Gasteiger partial charge in [-0.1, -0.05) is 91.2 Å². The van der Waals surface area contributed by atoms with Gasteiger partial charge in [0.25, 0.3) is 0 Å². The number of hydrogen-bond acceptors (Lipinski definition) is 2. The van der Waals surface area contributed by atoms with Crippen molar-refractivity contribution in [2.45, 2.75) is 17.0 Å². The summed E-state index contributed by atoms with van der Waals surface area (Å²) in [6.07, 6.45) is 0. The first-order chi connectivity index (χ1) is 6.05. The van der Waals surface area contributed by atoms with E-state index in [9.17, 15) is 0 Å². The molecule has 0 aromatic carbocycles. The van der Waals surface area contributed by atoms with Crippen LogP contribution in [0.5, 0.6) is 0 Å². The number of rotatable bonds is 3. The zero-order valence-corrected chi connectivity index (χ0v) is 13.7. The molecule has 0 amide bonds. The van der Waals surface area contributed by atoms with Crippen molar-refractivity contribution in [2.75, 3.05) is 0 Å². The number of alkyl halides is 8. The fourth-order valence-electron chi connectivity index (χ4n) is 0.207. The molecule has 0 N–H and O–H groups in total. The lowest BCUT2D eigenvalue weighted by Crippen LogP contribution is -2.18. The molecule has 14 heavy (non-hydrogen) atoms. The van der Waals surface area contributed by atoms with E-state index >= 15 is 0 Å². The lowest BCUT2D eigenvalue weighted by molar-refractivity contribution is 1.20. The van der Waals surface area contributed by atoms with Gasteiger partial charge in [0, 0.05) is 0 Å². The molecule has 0 bridgehead atoms. The van der Waals surface area contributed by atoms with Crippen molar-refractivity contribution >= 4 is 114 Å². The third-order valence-corrected chi connectivity index (χ3v) is 7.96. The van der Waals surface area contributed by atoms with E-state index in [1.165, 1.54) is 0 Å². The van der Waals surface area contributed by atoms with Crippen LogP contribution >= 0.6 is 114 Å². The summed E-state index contributed by atoms with van der Waals surface area (Å²) in [5.41, 5.74) is 0. The summed E-state index contributed by atoms with van der Waals surface area (Å²) in [5, 5.41) is 0. The Morgan fingerprint density at radius 1 is 0.643 bits per heavy atom. The zero-order valence-electron chi connectivity index (χ0n) is 5.99. The highest BCUT2D eigenvalue weighted by molar-refractivity contribution is 8.77. The van der Waals surface area contributed by atoms with Crippen molar-refractivity contribution < 1.29 is 0 Å². The van der Waals surface area contributed by atoms with Gasteiger partial charge < -0.3 is 0 Å². The van der Waals surface area contributed by atoms with Crippen LogP contribution in [0, 0.1) is 0 Å². The van der Waals surface area contributed by atoms with Crippen LogP contribution in [0.4, 0.5) is 0 Å². The monoisotopic (exact) mass is 394 g/mol. The molecule has 0 unspecified atom stereocenters. The minimum Gasteiger partial charge on any atom is -0.105 e. The second kappa shape index (κ2) is 6.82. The molecule has 10 heteroatoms. The summed E-state index contributed by atoms with van der Waals surface area (Å²) in [7, 11) is 2.04. The van der Waals surface area contributed by atoms with E-state index in [-0.39, 0.29) is 0 Å². The summed E-state index contributed by atoms with van der Waals surface area (Å²) < 4.78 is -4.76. The molecule has 0 saturated carbocycles. The Bertz CT molecular complexity index is 153. The minimum absolute atomic E-state index is 0.786. The summed E-state index contributed by atoms with van der Waals surface area (Å²) in [5.74, 6) is 0. The van der Waals surface area contributed by atoms with Crippen molar-refractivity contribution in [3.8, 4) is 0 Å². The zero-order chi connectivity index (χ0) is 11.6. The molecule has 0 aliphatic heterocycles. The standard InChI is InChI=1S/C4H2Cl8S2/c5-1(3(7,8)9)13-14-2(6)4(10,11)12/h1-2H/t1-,2-/m0/s1. The third kappa shape index (κ3) is 7.37. The van der Waals surface area contributed by atoms with Crippen molar-refractivity contribution in [3.05, 3.63) is 0 Å². The lowest BCUT2D eigenvalue weighted by atomic mass is 10.9. The second-order valence-corrected chi connectivity index (χ2v) is 10.5. The lowest BCUT2D eigenvalue weighted by Gasteiger charge is -2.21. The van der Waals surface area contributed by atoms with Crippen molar-refractivity contribution in [3.63, 3.8) is 0 Å². The van der Waals surface area contributed by atoms with Crippen LogP contribution in [0.25, 0.3) is 0 Å². The smallest absolute Gasteiger partial charge is 0.105 e. The minimum atomic E-state index is -1.59. The van der Waals surface area contributed by atoms with E-state index in [0.29, 0.717) is 0 Å². The van der Waals surface area contributed by atoms with Crippen LogP contribution in [-0.2, 0) is 0 Å². The summed E-state index contributed by atoms with van der Waals surface area (Å²) in [6.45, 7) is 0. The molecule has 0 rings (SSSR count). The van der Waals surface area contributed by atoms with Crippen molar-refractivity contribution in [1.82, 2.24) is 0 Å². The number of halogens is 8. The van der Waals surface area contributed by atoms with E-state index in [4.69, 9.17) is 92.8 Å². The fraction of sp³-hybridized carbons (Fsp3) is 1.00. The SMILES string of the molecule is Cl[C@@H](SS[C@H](Cl)C(Cl)(Cl)Cl)C(Cl)(Cl)Cl. The van der Waals surface area contributed by atoms with Crippen LogP contribution in [0.15, 0.2) is 0 Å². The summed E-state index contributed by atoms with van der Waals surface area (Å²) in [4.78, 5) is 0. The molecule has 0 fully saturated rings. The van der Waals surface area contributed by atoms with Crippen LogP contribution in [0.1, 0.15) is 0 Å². The molecule has 0 heterocycles. The van der Waals surface area contributed by atoms with E-state index in [2.05, 4.69) is 0 Å². The molecule has 0 saturated heterocycles.